The van der Waals surface area contributed by atoms with E-state index in [1.54, 1.807) is 9.80 Å². The van der Waals surface area contributed by atoms with Gasteiger partial charge in [0.1, 0.15) is 5.69 Å². The van der Waals surface area contributed by atoms with Crippen molar-refractivity contribution in [2.75, 3.05) is 26.2 Å². The van der Waals surface area contributed by atoms with Gasteiger partial charge in [-0.1, -0.05) is 51.1 Å². The number of carbonyl (C=O) groups excluding carboxylic acids is 2. The van der Waals surface area contributed by atoms with Crippen molar-refractivity contribution >= 4 is 11.8 Å². The molecular formula is C21H26N4O3. The third-order valence-corrected chi connectivity index (χ3v) is 4.76. The molecule has 0 N–H and O–H groups in total. The zero-order valence-electron chi connectivity index (χ0n) is 16.6. The van der Waals surface area contributed by atoms with Gasteiger partial charge in [-0.05, 0) is 11.6 Å². The molecule has 7 nitrogen and oxygen atoms in total. The second-order valence-corrected chi connectivity index (χ2v) is 8.03. The van der Waals surface area contributed by atoms with E-state index < -0.39 is 5.41 Å². The quantitative estimate of drug-likeness (QED) is 0.808. The molecule has 1 fully saturated rings. The highest BCUT2D eigenvalue weighted by molar-refractivity contribution is 5.92. The fourth-order valence-electron chi connectivity index (χ4n) is 3.18. The van der Waals surface area contributed by atoms with Crippen LogP contribution in [0.4, 0.5) is 0 Å². The Kier molecular flexibility index (Phi) is 5.63. The van der Waals surface area contributed by atoms with Gasteiger partial charge in [0, 0.05) is 37.7 Å². The van der Waals surface area contributed by atoms with Crippen LogP contribution in [0.1, 0.15) is 36.8 Å². The van der Waals surface area contributed by atoms with E-state index in [2.05, 4.69) is 5.10 Å². The number of rotatable bonds is 3. The predicted octanol–water partition coefficient (Wildman–Crippen LogP) is 1.62. The molecule has 28 heavy (non-hydrogen) atoms. The molecule has 7 heteroatoms. The van der Waals surface area contributed by atoms with E-state index in [1.807, 2.05) is 51.1 Å². The molecule has 2 aromatic rings. The molecule has 1 aromatic carbocycles. The molecule has 0 bridgehead atoms. The normalized spacial score (nSPS) is 14.8. The van der Waals surface area contributed by atoms with E-state index in [0.717, 1.165) is 5.56 Å². The largest absolute Gasteiger partial charge is 0.339 e. The molecule has 1 aliphatic heterocycles. The molecule has 0 spiro atoms. The molecule has 3 rings (SSSR count). The van der Waals surface area contributed by atoms with Crippen molar-refractivity contribution in [1.29, 1.82) is 0 Å². The SMILES string of the molecule is CC(C)(C)C(=O)N1CCN(C(=O)c2ccc(=O)n(Cc3ccccc3)n2)CC1. The summed E-state index contributed by atoms with van der Waals surface area (Å²) in [7, 11) is 0. The van der Waals surface area contributed by atoms with E-state index in [0.29, 0.717) is 32.7 Å². The molecule has 0 radical (unpaired) electrons. The second-order valence-electron chi connectivity index (χ2n) is 8.03. The van der Waals surface area contributed by atoms with Crippen molar-refractivity contribution in [1.82, 2.24) is 19.6 Å². The summed E-state index contributed by atoms with van der Waals surface area (Å²) >= 11 is 0. The van der Waals surface area contributed by atoms with Crippen molar-refractivity contribution in [3.05, 3.63) is 64.1 Å². The topological polar surface area (TPSA) is 75.5 Å². The highest BCUT2D eigenvalue weighted by atomic mass is 16.2. The minimum Gasteiger partial charge on any atom is -0.339 e. The number of carbonyl (C=O) groups is 2. The highest BCUT2D eigenvalue weighted by Gasteiger charge is 2.31. The third kappa shape index (κ3) is 4.47. The number of hydrogen-bond donors (Lipinski definition) is 0. The van der Waals surface area contributed by atoms with Gasteiger partial charge in [-0.3, -0.25) is 14.4 Å². The Morgan fingerprint density at radius 2 is 1.54 bits per heavy atom. The number of piperazine rings is 1. The van der Waals surface area contributed by atoms with Crippen LogP contribution in [0.2, 0.25) is 0 Å². The number of amides is 2. The summed E-state index contributed by atoms with van der Waals surface area (Å²) < 4.78 is 1.31. The van der Waals surface area contributed by atoms with Gasteiger partial charge >= 0.3 is 0 Å². The smallest absolute Gasteiger partial charge is 0.274 e. The predicted molar refractivity (Wildman–Crippen MR) is 106 cm³/mol. The molecule has 1 aliphatic rings. The maximum Gasteiger partial charge on any atom is 0.274 e. The summed E-state index contributed by atoms with van der Waals surface area (Å²) in [5.41, 5.74) is 0.504. The Morgan fingerprint density at radius 3 is 2.14 bits per heavy atom. The van der Waals surface area contributed by atoms with Gasteiger partial charge < -0.3 is 9.80 Å². The maximum atomic E-state index is 12.8. The zero-order chi connectivity index (χ0) is 20.3. The average Bonchev–Trinajstić information content (AvgIpc) is 2.69. The van der Waals surface area contributed by atoms with Crippen molar-refractivity contribution in [2.24, 2.45) is 5.41 Å². The Morgan fingerprint density at radius 1 is 0.929 bits per heavy atom. The molecule has 0 unspecified atom stereocenters. The van der Waals surface area contributed by atoms with Gasteiger partial charge in [-0.15, -0.1) is 0 Å². The van der Waals surface area contributed by atoms with Crippen molar-refractivity contribution in [2.45, 2.75) is 27.3 Å². The molecule has 1 saturated heterocycles. The van der Waals surface area contributed by atoms with Crippen molar-refractivity contribution < 1.29 is 9.59 Å². The van der Waals surface area contributed by atoms with Gasteiger partial charge in [0.15, 0.2) is 0 Å². The Balaban J connectivity index is 1.69. The van der Waals surface area contributed by atoms with E-state index in [1.165, 1.54) is 16.8 Å². The van der Waals surface area contributed by atoms with Crippen LogP contribution >= 0.6 is 0 Å². The first-order valence-corrected chi connectivity index (χ1v) is 9.46. The van der Waals surface area contributed by atoms with Crippen molar-refractivity contribution in [3.8, 4) is 0 Å². The fraction of sp³-hybridized carbons (Fsp3) is 0.429. The van der Waals surface area contributed by atoms with Crippen LogP contribution in [0.3, 0.4) is 0 Å². The second kappa shape index (κ2) is 7.96. The standard InChI is InChI=1S/C21H26N4O3/c1-21(2,3)20(28)24-13-11-23(12-14-24)19(27)17-9-10-18(26)25(22-17)15-16-7-5-4-6-8-16/h4-10H,11-15H2,1-3H3. The van der Waals surface area contributed by atoms with Crippen LogP contribution < -0.4 is 5.56 Å². The Bertz CT molecular complexity index is 907. The van der Waals surface area contributed by atoms with Gasteiger partial charge in [0.2, 0.25) is 5.91 Å². The van der Waals surface area contributed by atoms with Gasteiger partial charge in [-0.2, -0.15) is 5.10 Å². The first-order chi connectivity index (χ1) is 13.3. The number of hydrogen-bond acceptors (Lipinski definition) is 4. The molecule has 0 saturated carbocycles. The summed E-state index contributed by atoms with van der Waals surface area (Å²) in [6.07, 6.45) is 0. The Hall–Kier alpha value is -2.96. The summed E-state index contributed by atoms with van der Waals surface area (Å²) in [4.78, 5) is 40.8. The monoisotopic (exact) mass is 382 g/mol. The summed E-state index contributed by atoms with van der Waals surface area (Å²) in [5, 5.41) is 4.27. The van der Waals surface area contributed by atoms with Crippen LogP contribution in [-0.4, -0.2) is 57.6 Å². The first-order valence-electron chi connectivity index (χ1n) is 9.46. The van der Waals surface area contributed by atoms with Crippen LogP contribution in [-0.2, 0) is 11.3 Å². The zero-order valence-corrected chi connectivity index (χ0v) is 16.6. The average molecular weight is 382 g/mol. The number of benzene rings is 1. The van der Waals surface area contributed by atoms with E-state index >= 15 is 0 Å². The lowest BCUT2D eigenvalue weighted by Gasteiger charge is -2.37. The third-order valence-electron chi connectivity index (χ3n) is 4.76. The van der Waals surface area contributed by atoms with Gasteiger partial charge in [-0.25, -0.2) is 4.68 Å². The molecule has 0 aliphatic carbocycles. The van der Waals surface area contributed by atoms with Gasteiger partial charge in [0.05, 0.1) is 6.54 Å². The van der Waals surface area contributed by atoms with Crippen LogP contribution in [0, 0.1) is 5.41 Å². The molecule has 0 atom stereocenters. The number of aromatic nitrogens is 2. The minimum absolute atomic E-state index is 0.0918. The lowest BCUT2D eigenvalue weighted by Crippen LogP contribution is -2.53. The van der Waals surface area contributed by atoms with Crippen LogP contribution in [0.5, 0.6) is 0 Å². The van der Waals surface area contributed by atoms with E-state index in [4.69, 9.17) is 0 Å². The summed E-state index contributed by atoms with van der Waals surface area (Å²) in [6.45, 7) is 7.93. The maximum absolute atomic E-state index is 12.8. The first kappa shape index (κ1) is 19.8. The lowest BCUT2D eigenvalue weighted by atomic mass is 9.94. The highest BCUT2D eigenvalue weighted by Crippen LogP contribution is 2.19. The molecule has 1 aromatic heterocycles. The van der Waals surface area contributed by atoms with E-state index in [9.17, 15) is 14.4 Å². The lowest BCUT2D eigenvalue weighted by molar-refractivity contribution is -0.140. The molecule has 148 valence electrons. The summed E-state index contributed by atoms with van der Waals surface area (Å²) in [6, 6.07) is 12.4. The molecular weight excluding hydrogens is 356 g/mol. The van der Waals surface area contributed by atoms with E-state index in [-0.39, 0.29) is 23.1 Å². The minimum atomic E-state index is -0.430. The molecule has 2 amide bonds. The molecule has 2 heterocycles. The number of nitrogens with zero attached hydrogens (tertiary/aromatic N) is 4. The Labute approximate surface area is 164 Å². The van der Waals surface area contributed by atoms with Crippen LogP contribution in [0.25, 0.3) is 0 Å². The fourth-order valence-corrected chi connectivity index (χ4v) is 3.18. The summed E-state index contributed by atoms with van der Waals surface area (Å²) in [5.74, 6) is -0.126. The van der Waals surface area contributed by atoms with Crippen molar-refractivity contribution in [3.63, 3.8) is 0 Å². The van der Waals surface area contributed by atoms with Gasteiger partial charge in [0.25, 0.3) is 11.5 Å². The van der Waals surface area contributed by atoms with Crippen LogP contribution in [0.15, 0.2) is 47.3 Å².